The average molecular weight is 548 g/mol. The highest BCUT2D eigenvalue weighted by atomic mass is 35.5. The van der Waals surface area contributed by atoms with Crippen molar-refractivity contribution >= 4 is 29.1 Å². The molecule has 0 bridgehead atoms. The second kappa shape index (κ2) is 13.0. The monoisotopic (exact) mass is 547 g/mol. The highest BCUT2D eigenvalue weighted by molar-refractivity contribution is 6.34. The molecule has 0 aliphatic carbocycles. The number of hydrogen-bond acceptors (Lipinski definition) is 6. The summed E-state index contributed by atoms with van der Waals surface area (Å²) < 4.78 is 34.8. The number of nitrogens with one attached hydrogen (secondary N) is 3. The van der Waals surface area contributed by atoms with E-state index in [0.717, 1.165) is 5.57 Å². The number of imidazole rings is 1. The highest BCUT2D eigenvalue weighted by Crippen LogP contribution is 2.30. The van der Waals surface area contributed by atoms with Crippen LogP contribution in [-0.2, 0) is 7.05 Å². The molecule has 4 N–H and O–H groups in total. The summed E-state index contributed by atoms with van der Waals surface area (Å²) >= 11 is 6.29. The lowest BCUT2D eigenvalue weighted by Gasteiger charge is -2.11. The Morgan fingerprint density at radius 2 is 1.95 bits per heavy atom. The maximum atomic E-state index is 14.5. The second-order valence-corrected chi connectivity index (χ2v) is 8.73. The number of aliphatic hydroxyl groups is 1. The third kappa shape index (κ3) is 6.67. The van der Waals surface area contributed by atoms with Crippen molar-refractivity contribution in [3.05, 3.63) is 76.3 Å². The molecule has 0 unspecified atom stereocenters. The summed E-state index contributed by atoms with van der Waals surface area (Å²) in [6.07, 6.45) is 3.65. The van der Waals surface area contributed by atoms with Gasteiger partial charge in [0.1, 0.15) is 0 Å². The molecule has 12 heteroatoms. The van der Waals surface area contributed by atoms with Crippen LogP contribution in [0, 0.1) is 11.6 Å². The molecule has 0 radical (unpaired) electrons. The predicted molar refractivity (Wildman–Crippen MR) is 140 cm³/mol. The van der Waals surface area contributed by atoms with Gasteiger partial charge in [0.2, 0.25) is 5.82 Å². The Balaban J connectivity index is 1.67. The molecule has 2 amide bonds. The number of amides is 2. The SMILES string of the molecule is COc1ccc(-c2cnc(C(=O)Nc3ccc(C(=O)NC/C(C)=C/NCCCO)c(Cl)c3)n2C)c(F)c1F. The second-order valence-electron chi connectivity index (χ2n) is 8.32. The lowest BCUT2D eigenvalue weighted by molar-refractivity contribution is 0.0956. The van der Waals surface area contributed by atoms with Gasteiger partial charge >= 0.3 is 0 Å². The summed E-state index contributed by atoms with van der Waals surface area (Å²) in [4.78, 5) is 29.4. The molecule has 38 heavy (non-hydrogen) atoms. The number of carbonyl (C=O) groups is 2. The van der Waals surface area contributed by atoms with E-state index in [1.165, 1.54) is 55.3 Å². The Labute approximate surface area is 223 Å². The Morgan fingerprint density at radius 1 is 1.18 bits per heavy atom. The molecule has 3 aromatic rings. The minimum Gasteiger partial charge on any atom is -0.494 e. The summed E-state index contributed by atoms with van der Waals surface area (Å²) in [6, 6.07) is 7.04. The van der Waals surface area contributed by atoms with Gasteiger partial charge in [-0.25, -0.2) is 9.37 Å². The van der Waals surface area contributed by atoms with Crippen LogP contribution >= 0.6 is 11.6 Å². The van der Waals surface area contributed by atoms with E-state index in [1.54, 1.807) is 6.20 Å². The fourth-order valence-electron chi connectivity index (χ4n) is 3.52. The van der Waals surface area contributed by atoms with Crippen LogP contribution in [0.15, 0.2) is 48.3 Å². The predicted octanol–water partition coefficient (Wildman–Crippen LogP) is 3.89. The van der Waals surface area contributed by atoms with Crippen molar-refractivity contribution in [1.29, 1.82) is 0 Å². The van der Waals surface area contributed by atoms with Crippen LogP contribution in [0.1, 0.15) is 34.3 Å². The van der Waals surface area contributed by atoms with Gasteiger partial charge in [-0.05, 0) is 55.4 Å². The Kier molecular flexibility index (Phi) is 9.80. The van der Waals surface area contributed by atoms with Crippen LogP contribution in [0.2, 0.25) is 5.02 Å². The molecule has 1 aromatic heterocycles. The zero-order valence-electron chi connectivity index (χ0n) is 21.1. The van der Waals surface area contributed by atoms with Crippen LogP contribution in [0.4, 0.5) is 14.5 Å². The largest absolute Gasteiger partial charge is 0.494 e. The number of rotatable bonds is 11. The van der Waals surface area contributed by atoms with E-state index in [4.69, 9.17) is 21.4 Å². The minimum atomic E-state index is -1.14. The van der Waals surface area contributed by atoms with Gasteiger partial charge < -0.3 is 30.4 Å². The van der Waals surface area contributed by atoms with Gasteiger partial charge in [-0.2, -0.15) is 4.39 Å². The van der Waals surface area contributed by atoms with Crippen molar-refractivity contribution in [3.8, 4) is 17.0 Å². The number of hydrogen-bond donors (Lipinski definition) is 4. The van der Waals surface area contributed by atoms with Crippen LogP contribution < -0.4 is 20.7 Å². The molecule has 0 saturated carbocycles. The number of aliphatic hydroxyl groups excluding tert-OH is 1. The summed E-state index contributed by atoms with van der Waals surface area (Å²) in [7, 11) is 2.73. The van der Waals surface area contributed by atoms with Crippen LogP contribution in [0.5, 0.6) is 5.75 Å². The number of methoxy groups -OCH3 is 1. The topological polar surface area (TPSA) is 118 Å². The summed E-state index contributed by atoms with van der Waals surface area (Å²) in [5.41, 5.74) is 1.52. The maximum absolute atomic E-state index is 14.5. The van der Waals surface area contributed by atoms with Gasteiger partial charge in [0, 0.05) is 38.0 Å². The van der Waals surface area contributed by atoms with E-state index in [2.05, 4.69) is 20.9 Å². The summed E-state index contributed by atoms with van der Waals surface area (Å²) in [5.74, 6) is -3.56. The molecule has 202 valence electrons. The van der Waals surface area contributed by atoms with Crippen molar-refractivity contribution in [2.45, 2.75) is 13.3 Å². The smallest absolute Gasteiger partial charge is 0.291 e. The zero-order valence-corrected chi connectivity index (χ0v) is 21.8. The number of halogens is 3. The fraction of sp³-hybridized carbons (Fsp3) is 0.269. The molecular weight excluding hydrogens is 520 g/mol. The number of anilines is 1. The molecule has 0 aliphatic rings. The normalized spacial score (nSPS) is 11.3. The maximum Gasteiger partial charge on any atom is 0.291 e. The van der Waals surface area contributed by atoms with E-state index in [0.29, 0.717) is 25.2 Å². The van der Waals surface area contributed by atoms with Gasteiger partial charge in [0.25, 0.3) is 11.8 Å². The molecule has 3 rings (SSSR count). The first kappa shape index (κ1) is 28.6. The molecule has 0 aliphatic heterocycles. The highest BCUT2D eigenvalue weighted by Gasteiger charge is 2.21. The quantitative estimate of drug-likeness (QED) is 0.271. The lowest BCUT2D eigenvalue weighted by atomic mass is 10.1. The molecule has 1 heterocycles. The van der Waals surface area contributed by atoms with Gasteiger partial charge in [-0.15, -0.1) is 0 Å². The van der Waals surface area contributed by atoms with Crippen LogP contribution in [-0.4, -0.2) is 53.3 Å². The van der Waals surface area contributed by atoms with E-state index in [9.17, 15) is 18.4 Å². The van der Waals surface area contributed by atoms with E-state index in [1.807, 2.05) is 6.92 Å². The van der Waals surface area contributed by atoms with Crippen molar-refractivity contribution in [1.82, 2.24) is 20.2 Å². The molecule has 2 aromatic carbocycles. The molecule has 0 saturated heterocycles. The average Bonchev–Trinajstić information content (AvgIpc) is 3.28. The van der Waals surface area contributed by atoms with Crippen LogP contribution in [0.3, 0.4) is 0 Å². The Morgan fingerprint density at radius 3 is 2.63 bits per heavy atom. The zero-order chi connectivity index (χ0) is 27.8. The minimum absolute atomic E-state index is 0.0524. The number of nitrogens with zero attached hydrogens (tertiary/aromatic N) is 2. The van der Waals surface area contributed by atoms with E-state index >= 15 is 0 Å². The lowest BCUT2D eigenvalue weighted by Crippen LogP contribution is -2.26. The van der Waals surface area contributed by atoms with Crippen molar-refractivity contribution in [2.24, 2.45) is 7.05 Å². The first-order valence-corrected chi connectivity index (χ1v) is 12.0. The van der Waals surface area contributed by atoms with Gasteiger partial charge in [-0.3, -0.25) is 9.59 Å². The molecule has 0 atom stereocenters. The van der Waals surface area contributed by atoms with Gasteiger partial charge in [0.05, 0.1) is 29.6 Å². The number of benzene rings is 2. The van der Waals surface area contributed by atoms with Crippen LogP contribution in [0.25, 0.3) is 11.3 Å². The van der Waals surface area contributed by atoms with E-state index < -0.39 is 23.4 Å². The van der Waals surface area contributed by atoms with Crippen molar-refractivity contribution in [2.75, 3.05) is 32.1 Å². The standard InChI is InChI=1S/C26H28ClF2N5O4/c1-15(12-30-9-4-10-35)13-32-25(36)17-6-5-16(11-19(17)27)33-26(37)24-31-14-20(34(24)2)18-7-8-21(38-3)23(29)22(18)28/h5-8,11-12,14,30,35H,4,9-10,13H2,1-3H3,(H,32,36)(H,33,37)/b15-12+. The van der Waals surface area contributed by atoms with Crippen molar-refractivity contribution < 1.29 is 28.2 Å². The first-order valence-electron chi connectivity index (χ1n) is 11.6. The van der Waals surface area contributed by atoms with Gasteiger partial charge in [0.15, 0.2) is 17.4 Å². The third-order valence-electron chi connectivity index (χ3n) is 5.56. The van der Waals surface area contributed by atoms with E-state index in [-0.39, 0.29) is 40.0 Å². The number of carbonyl (C=O) groups excluding carboxylic acids is 2. The third-order valence-corrected chi connectivity index (χ3v) is 5.87. The number of aromatic nitrogens is 2. The fourth-order valence-corrected chi connectivity index (χ4v) is 3.78. The molecular formula is C26H28ClF2N5O4. The molecule has 0 spiro atoms. The van der Waals surface area contributed by atoms with Gasteiger partial charge in [-0.1, -0.05) is 11.6 Å². The Hall–Kier alpha value is -3.96. The molecule has 9 nitrogen and oxygen atoms in total. The summed E-state index contributed by atoms with van der Waals surface area (Å²) in [5, 5.41) is 17.3. The first-order chi connectivity index (χ1) is 18.2. The molecule has 0 fully saturated rings. The number of ether oxygens (including phenoxy) is 1. The Bertz CT molecular complexity index is 1360. The summed E-state index contributed by atoms with van der Waals surface area (Å²) in [6.45, 7) is 2.85. The van der Waals surface area contributed by atoms with Crippen molar-refractivity contribution in [3.63, 3.8) is 0 Å².